The molecular formula is C7H14O4. The van der Waals surface area contributed by atoms with Gasteiger partial charge in [-0.05, 0) is 13.3 Å². The lowest BCUT2D eigenvalue weighted by molar-refractivity contribution is -0.278. The zero-order valence-electron chi connectivity index (χ0n) is 7.12. The van der Waals surface area contributed by atoms with Crippen molar-refractivity contribution in [1.82, 2.24) is 0 Å². The molecule has 0 rings (SSSR count). The molecule has 0 aromatic carbocycles. The van der Waals surface area contributed by atoms with E-state index in [-0.39, 0.29) is 0 Å². The molecule has 0 heterocycles. The molecule has 0 spiro atoms. The smallest absolute Gasteiger partial charge is 0.370 e. The molecular weight excluding hydrogens is 148 g/mol. The van der Waals surface area contributed by atoms with Gasteiger partial charge in [0.2, 0.25) is 0 Å². The molecule has 1 atom stereocenters. The molecule has 0 aliphatic carbocycles. The van der Waals surface area contributed by atoms with Gasteiger partial charge in [-0.1, -0.05) is 6.92 Å². The highest BCUT2D eigenvalue weighted by atomic mass is 17.2. The van der Waals surface area contributed by atoms with Crippen LogP contribution in [0.5, 0.6) is 0 Å². The predicted molar refractivity (Wildman–Crippen MR) is 38.8 cm³/mol. The molecule has 0 N–H and O–H groups in total. The fourth-order valence-corrected chi connectivity index (χ4v) is 0.347. The molecule has 0 amide bonds. The first-order valence-corrected chi connectivity index (χ1v) is 3.58. The standard InChI is InChI=1S/C7H14O4/c1-4-5-10-11-7(8)6(2)9-3/h6H,4-5H2,1-3H3. The Balaban J connectivity index is 3.36. The van der Waals surface area contributed by atoms with Gasteiger partial charge >= 0.3 is 5.97 Å². The molecule has 0 radical (unpaired) electrons. The van der Waals surface area contributed by atoms with Crippen molar-refractivity contribution in [3.8, 4) is 0 Å². The van der Waals surface area contributed by atoms with Crippen LogP contribution in [0, 0.1) is 0 Å². The van der Waals surface area contributed by atoms with Crippen molar-refractivity contribution in [2.75, 3.05) is 13.7 Å². The summed E-state index contributed by atoms with van der Waals surface area (Å²) in [4.78, 5) is 19.7. The van der Waals surface area contributed by atoms with Gasteiger partial charge in [-0.2, -0.15) is 4.89 Å². The summed E-state index contributed by atoms with van der Waals surface area (Å²) in [6.07, 6.45) is 0.251. The lowest BCUT2D eigenvalue weighted by Crippen LogP contribution is -2.22. The highest BCUT2D eigenvalue weighted by Crippen LogP contribution is 1.93. The summed E-state index contributed by atoms with van der Waals surface area (Å²) in [5.74, 6) is -0.499. The summed E-state index contributed by atoms with van der Waals surface area (Å²) in [7, 11) is 1.44. The molecule has 0 aromatic rings. The van der Waals surface area contributed by atoms with Crippen LogP contribution in [0.4, 0.5) is 0 Å². The van der Waals surface area contributed by atoms with Gasteiger partial charge in [-0.15, -0.1) is 0 Å². The molecule has 0 saturated heterocycles. The minimum absolute atomic E-state index is 0.419. The van der Waals surface area contributed by atoms with Crippen molar-refractivity contribution >= 4 is 5.97 Å². The minimum Gasteiger partial charge on any atom is -0.370 e. The molecule has 4 nitrogen and oxygen atoms in total. The van der Waals surface area contributed by atoms with Gasteiger partial charge in [-0.25, -0.2) is 4.79 Å². The Morgan fingerprint density at radius 3 is 2.64 bits per heavy atom. The number of hydrogen-bond acceptors (Lipinski definition) is 4. The summed E-state index contributed by atoms with van der Waals surface area (Å²) in [5, 5.41) is 0. The third-order valence-corrected chi connectivity index (χ3v) is 1.11. The Kier molecular flexibility index (Phi) is 5.78. The lowest BCUT2D eigenvalue weighted by atomic mass is 10.4. The van der Waals surface area contributed by atoms with Crippen LogP contribution in [0.3, 0.4) is 0 Å². The van der Waals surface area contributed by atoms with Gasteiger partial charge in [0.05, 0.1) is 6.61 Å². The zero-order chi connectivity index (χ0) is 8.69. The van der Waals surface area contributed by atoms with Crippen LogP contribution in [-0.4, -0.2) is 25.8 Å². The second-order valence-electron chi connectivity index (χ2n) is 2.10. The van der Waals surface area contributed by atoms with Crippen LogP contribution in [0.15, 0.2) is 0 Å². The molecule has 66 valence electrons. The van der Waals surface area contributed by atoms with Crippen LogP contribution in [0.25, 0.3) is 0 Å². The maximum absolute atomic E-state index is 10.8. The fraction of sp³-hybridized carbons (Fsp3) is 0.857. The maximum atomic E-state index is 10.8. The number of methoxy groups -OCH3 is 1. The van der Waals surface area contributed by atoms with Crippen LogP contribution in [-0.2, 0) is 19.3 Å². The zero-order valence-corrected chi connectivity index (χ0v) is 7.12. The number of rotatable bonds is 5. The van der Waals surface area contributed by atoms with Crippen molar-refractivity contribution in [3.63, 3.8) is 0 Å². The van der Waals surface area contributed by atoms with E-state index < -0.39 is 12.1 Å². The Morgan fingerprint density at radius 1 is 1.55 bits per heavy atom. The van der Waals surface area contributed by atoms with E-state index in [2.05, 4.69) is 14.5 Å². The molecule has 4 heteroatoms. The average Bonchev–Trinajstić information content (AvgIpc) is 2.03. The number of ether oxygens (including phenoxy) is 1. The Bertz CT molecular complexity index is 113. The van der Waals surface area contributed by atoms with E-state index in [1.807, 2.05) is 6.92 Å². The second-order valence-corrected chi connectivity index (χ2v) is 2.10. The van der Waals surface area contributed by atoms with E-state index in [1.54, 1.807) is 6.92 Å². The average molecular weight is 162 g/mol. The number of carbonyl (C=O) groups is 1. The maximum Gasteiger partial charge on any atom is 0.370 e. The molecule has 0 aliphatic rings. The topological polar surface area (TPSA) is 44.8 Å². The first-order valence-electron chi connectivity index (χ1n) is 3.58. The minimum atomic E-state index is -0.563. The van der Waals surface area contributed by atoms with Crippen LogP contribution in [0.1, 0.15) is 20.3 Å². The van der Waals surface area contributed by atoms with Crippen LogP contribution in [0.2, 0.25) is 0 Å². The Hall–Kier alpha value is -0.610. The first kappa shape index (κ1) is 10.4. The van der Waals surface area contributed by atoms with E-state index in [0.29, 0.717) is 6.61 Å². The van der Waals surface area contributed by atoms with Gasteiger partial charge in [0.25, 0.3) is 0 Å². The monoisotopic (exact) mass is 162 g/mol. The molecule has 0 aromatic heterocycles. The lowest BCUT2D eigenvalue weighted by Gasteiger charge is -2.06. The molecule has 0 saturated carbocycles. The molecule has 1 unspecified atom stereocenters. The second kappa shape index (κ2) is 6.12. The Labute approximate surface area is 66.4 Å². The van der Waals surface area contributed by atoms with Gasteiger partial charge in [0.1, 0.15) is 0 Å². The molecule has 0 fully saturated rings. The van der Waals surface area contributed by atoms with Crippen molar-refractivity contribution < 1.29 is 19.3 Å². The predicted octanol–water partition coefficient (Wildman–Crippen LogP) is 0.906. The van der Waals surface area contributed by atoms with Crippen LogP contribution >= 0.6 is 0 Å². The summed E-state index contributed by atoms with van der Waals surface area (Å²) in [6, 6.07) is 0. The van der Waals surface area contributed by atoms with E-state index in [0.717, 1.165) is 6.42 Å². The van der Waals surface area contributed by atoms with Gasteiger partial charge in [-0.3, -0.25) is 4.89 Å². The fourth-order valence-electron chi connectivity index (χ4n) is 0.347. The SMILES string of the molecule is CCCOOC(=O)C(C)OC. The highest BCUT2D eigenvalue weighted by Gasteiger charge is 2.13. The van der Waals surface area contributed by atoms with E-state index in [9.17, 15) is 4.79 Å². The Morgan fingerprint density at radius 2 is 2.18 bits per heavy atom. The third kappa shape index (κ3) is 4.75. The van der Waals surface area contributed by atoms with Crippen molar-refractivity contribution in [1.29, 1.82) is 0 Å². The largest absolute Gasteiger partial charge is 0.370 e. The van der Waals surface area contributed by atoms with Gasteiger partial charge in [0.15, 0.2) is 6.10 Å². The number of hydrogen-bond donors (Lipinski definition) is 0. The highest BCUT2D eigenvalue weighted by molar-refractivity contribution is 5.73. The van der Waals surface area contributed by atoms with Gasteiger partial charge < -0.3 is 4.74 Å². The van der Waals surface area contributed by atoms with E-state index in [4.69, 9.17) is 0 Å². The number of carbonyl (C=O) groups excluding carboxylic acids is 1. The van der Waals surface area contributed by atoms with Gasteiger partial charge in [0, 0.05) is 7.11 Å². The summed E-state index contributed by atoms with van der Waals surface area (Å²) < 4.78 is 4.69. The normalized spacial score (nSPS) is 12.6. The summed E-state index contributed by atoms with van der Waals surface area (Å²) in [6.45, 7) is 3.94. The van der Waals surface area contributed by atoms with Crippen LogP contribution < -0.4 is 0 Å². The van der Waals surface area contributed by atoms with Crippen molar-refractivity contribution in [2.24, 2.45) is 0 Å². The quantitative estimate of drug-likeness (QED) is 0.342. The summed E-state index contributed by atoms with van der Waals surface area (Å²) in [5.41, 5.74) is 0. The van der Waals surface area contributed by atoms with E-state index >= 15 is 0 Å². The molecule has 0 bridgehead atoms. The molecule has 0 aliphatic heterocycles. The van der Waals surface area contributed by atoms with Crippen molar-refractivity contribution in [2.45, 2.75) is 26.4 Å². The van der Waals surface area contributed by atoms with Crippen molar-refractivity contribution in [3.05, 3.63) is 0 Å². The third-order valence-electron chi connectivity index (χ3n) is 1.11. The van der Waals surface area contributed by atoms with E-state index in [1.165, 1.54) is 7.11 Å². The first-order chi connectivity index (χ1) is 5.22. The molecule has 11 heavy (non-hydrogen) atoms. The summed E-state index contributed by atoms with van der Waals surface area (Å²) >= 11 is 0.